The molecule has 0 aliphatic rings. The average Bonchev–Trinajstić information content (AvgIpc) is 2.37. The first-order chi connectivity index (χ1) is 9.58. The highest BCUT2D eigenvalue weighted by molar-refractivity contribution is 9.10. The zero-order chi connectivity index (χ0) is 14.5. The topological polar surface area (TPSA) is 12.0 Å². The third kappa shape index (κ3) is 4.37. The lowest BCUT2D eigenvalue weighted by Crippen LogP contribution is -2.04. The first-order valence-electron chi connectivity index (χ1n) is 6.71. The number of rotatable bonds is 5. The highest BCUT2D eigenvalue weighted by Gasteiger charge is 2.04. The molecule has 0 aliphatic heterocycles. The molecule has 106 valence electrons. The van der Waals surface area contributed by atoms with Crippen molar-refractivity contribution in [3.05, 3.63) is 63.1 Å². The molecule has 0 unspecified atom stereocenters. The van der Waals surface area contributed by atoms with Gasteiger partial charge in [-0.3, -0.25) is 0 Å². The van der Waals surface area contributed by atoms with E-state index in [4.69, 9.17) is 0 Å². The summed E-state index contributed by atoms with van der Waals surface area (Å²) in [5.74, 6) is 1.01. The smallest absolute Gasteiger partial charge is 0.0314 e. The summed E-state index contributed by atoms with van der Waals surface area (Å²) < 4.78 is 1.18. The van der Waals surface area contributed by atoms with E-state index in [1.807, 2.05) is 18.8 Å². The van der Waals surface area contributed by atoms with E-state index in [1.54, 1.807) is 0 Å². The van der Waals surface area contributed by atoms with Crippen molar-refractivity contribution in [3.63, 3.8) is 0 Å². The predicted octanol–water partition coefficient (Wildman–Crippen LogP) is 5.08. The van der Waals surface area contributed by atoms with Gasteiger partial charge in [-0.1, -0.05) is 35.4 Å². The number of thioether (sulfide) groups is 1. The number of halogens is 1. The van der Waals surface area contributed by atoms with Crippen LogP contribution in [-0.2, 0) is 12.3 Å². The van der Waals surface area contributed by atoms with Gasteiger partial charge in [0.25, 0.3) is 0 Å². The minimum Gasteiger partial charge on any atom is -0.316 e. The van der Waals surface area contributed by atoms with Crippen LogP contribution in [0.2, 0.25) is 0 Å². The monoisotopic (exact) mass is 349 g/mol. The Kier molecular flexibility index (Phi) is 5.70. The minimum absolute atomic E-state index is 0.903. The Hall–Kier alpha value is -0.770. The van der Waals surface area contributed by atoms with Gasteiger partial charge in [0.2, 0.25) is 0 Å². The zero-order valence-electron chi connectivity index (χ0n) is 12.2. The van der Waals surface area contributed by atoms with Crippen LogP contribution in [0.1, 0.15) is 22.3 Å². The number of nitrogens with one attached hydrogen (secondary N) is 1. The zero-order valence-corrected chi connectivity index (χ0v) is 14.6. The fraction of sp³-hybridized carbons (Fsp3) is 0.294. The molecular weight excluding hydrogens is 330 g/mol. The molecule has 1 N–H and O–H groups in total. The maximum Gasteiger partial charge on any atom is 0.0314 e. The Bertz CT molecular complexity index is 575. The van der Waals surface area contributed by atoms with Gasteiger partial charge in [0, 0.05) is 21.7 Å². The summed E-state index contributed by atoms with van der Waals surface area (Å²) in [7, 11) is 1.97. The molecule has 3 heteroatoms. The normalized spacial score (nSPS) is 10.8. The summed E-state index contributed by atoms with van der Waals surface area (Å²) in [6.07, 6.45) is 0. The molecule has 1 nitrogen and oxygen atoms in total. The van der Waals surface area contributed by atoms with E-state index < -0.39 is 0 Å². The van der Waals surface area contributed by atoms with Crippen LogP contribution in [0, 0.1) is 13.8 Å². The van der Waals surface area contributed by atoms with E-state index in [-0.39, 0.29) is 0 Å². The molecule has 2 aromatic rings. The van der Waals surface area contributed by atoms with E-state index in [0.717, 1.165) is 12.3 Å². The van der Waals surface area contributed by atoms with Crippen LogP contribution in [0.15, 0.2) is 45.8 Å². The Balaban J connectivity index is 2.06. The van der Waals surface area contributed by atoms with Crippen molar-refractivity contribution < 1.29 is 0 Å². The van der Waals surface area contributed by atoms with Crippen molar-refractivity contribution in [3.8, 4) is 0 Å². The first kappa shape index (κ1) is 15.6. The predicted molar refractivity (Wildman–Crippen MR) is 92.4 cm³/mol. The van der Waals surface area contributed by atoms with Crippen LogP contribution in [0.25, 0.3) is 0 Å². The van der Waals surface area contributed by atoms with E-state index in [1.165, 1.54) is 31.6 Å². The highest BCUT2D eigenvalue weighted by Crippen LogP contribution is 2.31. The van der Waals surface area contributed by atoms with Crippen LogP contribution in [-0.4, -0.2) is 7.05 Å². The van der Waals surface area contributed by atoms with Crippen LogP contribution in [0.4, 0.5) is 0 Å². The summed E-state index contributed by atoms with van der Waals surface area (Å²) in [6, 6.07) is 13.3. The van der Waals surface area contributed by atoms with E-state index in [0.29, 0.717) is 0 Å². The Morgan fingerprint density at radius 3 is 2.30 bits per heavy atom. The summed E-state index contributed by atoms with van der Waals surface area (Å²) in [5.41, 5.74) is 5.36. The number of hydrogen-bond acceptors (Lipinski definition) is 2. The number of benzene rings is 2. The molecule has 0 bridgehead atoms. The molecule has 0 fully saturated rings. The SMILES string of the molecule is CNCc1ccc(SCc2cc(C)cc(C)c2)c(Br)c1. The summed E-state index contributed by atoms with van der Waals surface area (Å²) >= 11 is 5.55. The third-order valence-electron chi connectivity index (χ3n) is 3.05. The van der Waals surface area contributed by atoms with Gasteiger partial charge in [0.05, 0.1) is 0 Å². The molecular formula is C17H20BrNS. The van der Waals surface area contributed by atoms with E-state index in [9.17, 15) is 0 Å². The summed E-state index contributed by atoms with van der Waals surface area (Å²) in [5, 5.41) is 3.17. The second-order valence-corrected chi connectivity index (χ2v) is 6.95. The molecule has 0 saturated carbocycles. The highest BCUT2D eigenvalue weighted by atomic mass is 79.9. The van der Waals surface area contributed by atoms with Crippen molar-refractivity contribution in [1.29, 1.82) is 0 Å². The quantitative estimate of drug-likeness (QED) is 0.755. The molecule has 0 saturated heterocycles. The molecule has 2 rings (SSSR count). The minimum atomic E-state index is 0.903. The molecule has 0 spiro atoms. The average molecular weight is 350 g/mol. The molecule has 0 aliphatic carbocycles. The lowest BCUT2D eigenvalue weighted by molar-refractivity contribution is 0.816. The molecule has 0 atom stereocenters. The van der Waals surface area contributed by atoms with Gasteiger partial charge in [-0.25, -0.2) is 0 Å². The fourth-order valence-corrected chi connectivity index (χ4v) is 3.91. The molecule has 0 aromatic heterocycles. The van der Waals surface area contributed by atoms with Gasteiger partial charge in [-0.05, 0) is 60.1 Å². The molecule has 20 heavy (non-hydrogen) atoms. The number of aryl methyl sites for hydroxylation is 2. The van der Waals surface area contributed by atoms with E-state index in [2.05, 4.69) is 71.5 Å². The van der Waals surface area contributed by atoms with Gasteiger partial charge >= 0.3 is 0 Å². The van der Waals surface area contributed by atoms with Crippen molar-refractivity contribution in [2.75, 3.05) is 7.05 Å². The van der Waals surface area contributed by atoms with Gasteiger partial charge in [0.1, 0.15) is 0 Å². The van der Waals surface area contributed by atoms with Gasteiger partial charge in [0.15, 0.2) is 0 Å². The first-order valence-corrected chi connectivity index (χ1v) is 8.49. The van der Waals surface area contributed by atoms with Crippen LogP contribution >= 0.6 is 27.7 Å². The lowest BCUT2D eigenvalue weighted by Gasteiger charge is -2.08. The maximum atomic E-state index is 3.67. The molecule has 0 amide bonds. The third-order valence-corrected chi connectivity index (χ3v) is 5.12. The number of hydrogen-bond donors (Lipinski definition) is 1. The summed E-state index contributed by atoms with van der Waals surface area (Å²) in [6.45, 7) is 5.22. The van der Waals surface area contributed by atoms with E-state index >= 15 is 0 Å². The standard InChI is InChI=1S/C17H20BrNS/c1-12-6-13(2)8-15(7-12)11-20-17-5-4-14(10-19-3)9-16(17)18/h4-9,19H,10-11H2,1-3H3. The van der Waals surface area contributed by atoms with Gasteiger partial charge < -0.3 is 5.32 Å². The Labute approximate surface area is 134 Å². The molecule has 0 radical (unpaired) electrons. The Morgan fingerprint density at radius 2 is 1.70 bits per heavy atom. The molecule has 2 aromatic carbocycles. The van der Waals surface area contributed by atoms with Crippen LogP contribution in [0.3, 0.4) is 0 Å². The molecule has 0 heterocycles. The van der Waals surface area contributed by atoms with Crippen molar-refractivity contribution in [2.45, 2.75) is 31.0 Å². The van der Waals surface area contributed by atoms with Crippen molar-refractivity contribution in [2.24, 2.45) is 0 Å². The van der Waals surface area contributed by atoms with Crippen molar-refractivity contribution in [1.82, 2.24) is 5.32 Å². The largest absolute Gasteiger partial charge is 0.316 e. The Morgan fingerprint density at radius 1 is 1.00 bits per heavy atom. The van der Waals surface area contributed by atoms with Crippen LogP contribution < -0.4 is 5.32 Å². The second-order valence-electron chi connectivity index (χ2n) is 5.08. The second kappa shape index (κ2) is 7.30. The lowest BCUT2D eigenvalue weighted by atomic mass is 10.1. The van der Waals surface area contributed by atoms with Crippen molar-refractivity contribution >= 4 is 27.7 Å². The maximum absolute atomic E-state index is 3.67. The summed E-state index contributed by atoms with van der Waals surface area (Å²) in [4.78, 5) is 1.30. The van der Waals surface area contributed by atoms with Gasteiger partial charge in [-0.15, -0.1) is 11.8 Å². The van der Waals surface area contributed by atoms with Gasteiger partial charge in [-0.2, -0.15) is 0 Å². The fourth-order valence-electron chi connectivity index (χ4n) is 2.29. The van der Waals surface area contributed by atoms with Crippen LogP contribution in [0.5, 0.6) is 0 Å².